The molecule has 0 aliphatic heterocycles. The molecule has 3 rings (SSSR count). The molecule has 0 spiro atoms. The van der Waals surface area contributed by atoms with Crippen molar-refractivity contribution in [2.45, 2.75) is 26.2 Å². The van der Waals surface area contributed by atoms with Crippen LogP contribution in [0.4, 0.5) is 5.13 Å². The lowest BCUT2D eigenvalue weighted by Gasteiger charge is -2.14. The van der Waals surface area contributed by atoms with Gasteiger partial charge in [0.15, 0.2) is 10.9 Å². The molecule has 2 aromatic heterocycles. The molecule has 0 saturated carbocycles. The molecule has 0 atom stereocenters. The quantitative estimate of drug-likeness (QED) is 0.660. The summed E-state index contributed by atoms with van der Waals surface area (Å²) in [5.74, 6) is 0.545. The number of hydrogen-bond donors (Lipinski definition) is 1. The van der Waals surface area contributed by atoms with E-state index in [1.807, 2.05) is 17.5 Å². The number of anilines is 1. The normalized spacial score (nSPS) is 11.5. The Morgan fingerprint density at radius 3 is 2.50 bits per heavy atom. The summed E-state index contributed by atoms with van der Waals surface area (Å²) in [6.07, 6.45) is 0. The molecular weight excluding hydrogens is 344 g/mol. The maximum absolute atomic E-state index is 12.3. The number of benzene rings is 1. The third-order valence-corrected chi connectivity index (χ3v) is 4.46. The van der Waals surface area contributed by atoms with E-state index >= 15 is 0 Å². The van der Waals surface area contributed by atoms with Gasteiger partial charge in [-0.25, -0.2) is 4.98 Å². The summed E-state index contributed by atoms with van der Waals surface area (Å²) in [7, 11) is 0. The summed E-state index contributed by atoms with van der Waals surface area (Å²) < 4.78 is 5.64. The summed E-state index contributed by atoms with van der Waals surface area (Å²) in [6.45, 7) is 6.25. The molecule has 1 aromatic carbocycles. The monoisotopic (exact) mass is 360 g/mol. The maximum Gasteiger partial charge on any atom is 0.293 e. The highest BCUT2D eigenvalue weighted by Gasteiger charge is 2.19. The number of carbonyl (C=O) groups excluding carboxylic acids is 1. The Morgan fingerprint density at radius 2 is 1.88 bits per heavy atom. The number of rotatable bonds is 3. The van der Waals surface area contributed by atoms with Crippen molar-refractivity contribution in [3.63, 3.8) is 0 Å². The van der Waals surface area contributed by atoms with Crippen LogP contribution in [0, 0.1) is 0 Å². The van der Waals surface area contributed by atoms with Crippen molar-refractivity contribution in [1.29, 1.82) is 0 Å². The standard InChI is InChI=1S/C18H17ClN2O2S/c1-18(2,3)15-10-24-17(20-15)21-16(22)14-9-8-13(23-14)11-4-6-12(19)7-5-11/h4-10H,1-3H3,(H,20,21,22). The molecule has 2 heterocycles. The Balaban J connectivity index is 1.74. The lowest BCUT2D eigenvalue weighted by molar-refractivity contribution is 0.0997. The first-order chi connectivity index (χ1) is 11.3. The summed E-state index contributed by atoms with van der Waals surface area (Å²) in [5, 5.41) is 5.95. The minimum absolute atomic E-state index is 0.0497. The van der Waals surface area contributed by atoms with Gasteiger partial charge in [-0.15, -0.1) is 11.3 Å². The second-order valence-electron chi connectivity index (χ2n) is 6.41. The van der Waals surface area contributed by atoms with Crippen LogP contribution in [-0.2, 0) is 5.41 Å². The fraction of sp³-hybridized carbons (Fsp3) is 0.222. The Morgan fingerprint density at radius 1 is 1.17 bits per heavy atom. The van der Waals surface area contributed by atoms with Gasteiger partial charge < -0.3 is 4.42 Å². The van der Waals surface area contributed by atoms with E-state index in [-0.39, 0.29) is 17.1 Å². The van der Waals surface area contributed by atoms with E-state index in [1.165, 1.54) is 11.3 Å². The number of nitrogens with zero attached hydrogens (tertiary/aromatic N) is 1. The number of thiazole rings is 1. The average Bonchev–Trinajstić information content (AvgIpc) is 3.16. The molecule has 124 valence electrons. The topological polar surface area (TPSA) is 55.1 Å². The van der Waals surface area contributed by atoms with E-state index in [2.05, 4.69) is 31.1 Å². The highest BCUT2D eigenvalue weighted by Crippen LogP contribution is 2.27. The third kappa shape index (κ3) is 3.68. The number of aromatic nitrogens is 1. The smallest absolute Gasteiger partial charge is 0.293 e. The highest BCUT2D eigenvalue weighted by molar-refractivity contribution is 7.14. The van der Waals surface area contributed by atoms with Crippen LogP contribution in [0.3, 0.4) is 0 Å². The number of halogens is 1. The Kier molecular flexibility index (Phi) is 4.47. The van der Waals surface area contributed by atoms with E-state index in [4.69, 9.17) is 16.0 Å². The minimum atomic E-state index is -0.315. The van der Waals surface area contributed by atoms with Gasteiger partial charge in [0.25, 0.3) is 5.91 Å². The molecule has 0 fully saturated rings. The van der Waals surface area contributed by atoms with Crippen molar-refractivity contribution in [2.24, 2.45) is 0 Å². The van der Waals surface area contributed by atoms with Crippen LogP contribution in [0.5, 0.6) is 0 Å². The van der Waals surface area contributed by atoms with Crippen LogP contribution in [0.15, 0.2) is 46.2 Å². The van der Waals surface area contributed by atoms with E-state index in [9.17, 15) is 4.79 Å². The molecule has 0 unspecified atom stereocenters. The first-order valence-corrected chi connectivity index (χ1v) is 8.72. The summed E-state index contributed by atoms with van der Waals surface area (Å²) >= 11 is 7.28. The van der Waals surface area contributed by atoms with Crippen LogP contribution in [0.25, 0.3) is 11.3 Å². The predicted octanol–water partition coefficient (Wildman–Crippen LogP) is 5.61. The molecule has 0 bridgehead atoms. The van der Waals surface area contributed by atoms with Crippen molar-refractivity contribution in [3.8, 4) is 11.3 Å². The minimum Gasteiger partial charge on any atom is -0.451 e. The van der Waals surface area contributed by atoms with Crippen molar-refractivity contribution >= 4 is 34.0 Å². The van der Waals surface area contributed by atoms with Gasteiger partial charge >= 0.3 is 0 Å². The van der Waals surface area contributed by atoms with E-state index in [0.29, 0.717) is 15.9 Å². The summed E-state index contributed by atoms with van der Waals surface area (Å²) in [5.41, 5.74) is 1.76. The number of hydrogen-bond acceptors (Lipinski definition) is 4. The Hall–Kier alpha value is -2.11. The van der Waals surface area contributed by atoms with Gasteiger partial charge in [0.2, 0.25) is 0 Å². The fourth-order valence-electron chi connectivity index (χ4n) is 2.06. The zero-order chi connectivity index (χ0) is 17.3. The maximum atomic E-state index is 12.3. The first kappa shape index (κ1) is 16.7. The van der Waals surface area contributed by atoms with Gasteiger partial charge in [-0.3, -0.25) is 10.1 Å². The second kappa shape index (κ2) is 6.42. The Bertz CT molecular complexity index is 860. The Labute approximate surface area is 149 Å². The number of carbonyl (C=O) groups is 1. The van der Waals surface area contributed by atoms with Gasteiger partial charge in [0.05, 0.1) is 5.69 Å². The average molecular weight is 361 g/mol. The SMILES string of the molecule is CC(C)(C)c1csc(NC(=O)c2ccc(-c3ccc(Cl)cc3)o2)n1. The predicted molar refractivity (Wildman–Crippen MR) is 97.9 cm³/mol. The summed E-state index contributed by atoms with van der Waals surface area (Å²) in [4.78, 5) is 16.8. The van der Waals surface area contributed by atoms with E-state index < -0.39 is 0 Å². The molecular formula is C18H17ClN2O2S. The molecule has 24 heavy (non-hydrogen) atoms. The molecule has 0 saturated heterocycles. The molecule has 6 heteroatoms. The van der Waals surface area contributed by atoms with Crippen LogP contribution < -0.4 is 5.32 Å². The second-order valence-corrected chi connectivity index (χ2v) is 7.71. The lowest BCUT2D eigenvalue weighted by atomic mass is 9.93. The molecule has 0 radical (unpaired) electrons. The van der Waals surface area contributed by atoms with Gasteiger partial charge in [-0.05, 0) is 36.4 Å². The molecule has 1 amide bonds. The van der Waals surface area contributed by atoms with Crippen LogP contribution in [0.2, 0.25) is 5.02 Å². The van der Waals surface area contributed by atoms with Gasteiger partial charge in [0.1, 0.15) is 5.76 Å². The third-order valence-electron chi connectivity index (χ3n) is 3.45. The molecule has 4 nitrogen and oxygen atoms in total. The summed E-state index contributed by atoms with van der Waals surface area (Å²) in [6, 6.07) is 10.7. The van der Waals surface area contributed by atoms with E-state index in [0.717, 1.165) is 11.3 Å². The van der Waals surface area contributed by atoms with Crippen molar-refractivity contribution < 1.29 is 9.21 Å². The zero-order valence-electron chi connectivity index (χ0n) is 13.6. The highest BCUT2D eigenvalue weighted by atomic mass is 35.5. The van der Waals surface area contributed by atoms with Crippen LogP contribution >= 0.6 is 22.9 Å². The first-order valence-electron chi connectivity index (χ1n) is 7.46. The molecule has 0 aliphatic carbocycles. The van der Waals surface area contributed by atoms with Gasteiger partial charge in [-0.2, -0.15) is 0 Å². The number of amides is 1. The molecule has 0 aliphatic rings. The largest absolute Gasteiger partial charge is 0.451 e. The van der Waals surface area contributed by atoms with Crippen LogP contribution in [0.1, 0.15) is 37.0 Å². The van der Waals surface area contributed by atoms with E-state index in [1.54, 1.807) is 24.3 Å². The zero-order valence-corrected chi connectivity index (χ0v) is 15.2. The number of nitrogens with one attached hydrogen (secondary N) is 1. The molecule has 1 N–H and O–H groups in total. The van der Waals surface area contributed by atoms with Crippen molar-refractivity contribution in [1.82, 2.24) is 4.98 Å². The van der Waals surface area contributed by atoms with Crippen LogP contribution in [-0.4, -0.2) is 10.9 Å². The molecule has 3 aromatic rings. The van der Waals surface area contributed by atoms with Crippen molar-refractivity contribution in [2.75, 3.05) is 5.32 Å². The number of furan rings is 1. The lowest BCUT2D eigenvalue weighted by Crippen LogP contribution is -2.13. The van der Waals surface area contributed by atoms with Crippen molar-refractivity contribution in [3.05, 3.63) is 58.3 Å². The van der Waals surface area contributed by atoms with Gasteiger partial charge in [0, 0.05) is 21.4 Å². The van der Waals surface area contributed by atoms with Gasteiger partial charge in [-0.1, -0.05) is 32.4 Å². The fourth-order valence-corrected chi connectivity index (χ4v) is 3.12.